The van der Waals surface area contributed by atoms with E-state index in [-0.39, 0.29) is 48.8 Å². The Bertz CT molecular complexity index is 948. The molecule has 188 valence electrons. The van der Waals surface area contributed by atoms with Gasteiger partial charge in [-0.05, 0) is 76.0 Å². The van der Waals surface area contributed by atoms with Crippen LogP contribution in [0.25, 0.3) is 0 Å². The van der Waals surface area contributed by atoms with Gasteiger partial charge in [-0.3, -0.25) is 9.59 Å². The van der Waals surface area contributed by atoms with Crippen molar-refractivity contribution in [2.24, 2.45) is 5.41 Å². The summed E-state index contributed by atoms with van der Waals surface area (Å²) in [5.41, 5.74) is -1.74. The first-order valence-corrected chi connectivity index (χ1v) is 12.6. The molecule has 2 fully saturated rings. The van der Waals surface area contributed by atoms with E-state index in [2.05, 4.69) is 21.2 Å². The Kier molecular flexibility index (Phi) is 7.89. The van der Waals surface area contributed by atoms with E-state index in [9.17, 15) is 24.6 Å². The normalized spacial score (nSPS) is 24.5. The lowest BCUT2D eigenvalue weighted by Gasteiger charge is -2.56. The van der Waals surface area contributed by atoms with Crippen molar-refractivity contribution in [3.63, 3.8) is 0 Å². The molecule has 1 aliphatic heterocycles. The minimum absolute atomic E-state index is 0.0258. The summed E-state index contributed by atoms with van der Waals surface area (Å²) in [6, 6.07) is 2.91. The van der Waals surface area contributed by atoms with E-state index in [4.69, 9.17) is 16.3 Å². The highest BCUT2D eigenvalue weighted by atomic mass is 79.9. The van der Waals surface area contributed by atoms with Crippen molar-refractivity contribution in [1.29, 1.82) is 0 Å². The number of likely N-dealkylation sites (tertiary alicyclic amines) is 1. The third-order valence-corrected chi connectivity index (χ3v) is 7.34. The predicted molar refractivity (Wildman–Crippen MR) is 131 cm³/mol. The van der Waals surface area contributed by atoms with Crippen LogP contribution in [0.3, 0.4) is 0 Å². The van der Waals surface area contributed by atoms with Gasteiger partial charge in [-0.2, -0.15) is 0 Å². The molecule has 0 atom stereocenters. The molecule has 0 unspecified atom stereocenters. The fourth-order valence-electron chi connectivity index (χ4n) is 4.85. The molecular weight excluding hydrogens is 528 g/mol. The molecule has 8 nitrogen and oxygen atoms in total. The van der Waals surface area contributed by atoms with Gasteiger partial charge in [-0.15, -0.1) is 0 Å². The number of piperidine rings is 1. The summed E-state index contributed by atoms with van der Waals surface area (Å²) >= 11 is 9.45. The van der Waals surface area contributed by atoms with Crippen LogP contribution in [-0.2, 0) is 20.7 Å². The maximum atomic E-state index is 12.6. The van der Waals surface area contributed by atoms with Crippen LogP contribution in [0.5, 0.6) is 5.75 Å². The maximum Gasteiger partial charge on any atom is 0.410 e. The van der Waals surface area contributed by atoms with E-state index in [1.807, 2.05) is 20.8 Å². The number of ketones is 1. The number of aliphatic hydroxyl groups is 1. The number of hydrogen-bond donors (Lipinski definition) is 3. The van der Waals surface area contributed by atoms with Crippen LogP contribution in [-0.4, -0.2) is 63.7 Å². The second-order valence-electron chi connectivity index (χ2n) is 10.5. The predicted octanol–water partition coefficient (Wildman–Crippen LogP) is 3.97. The molecule has 1 saturated heterocycles. The van der Waals surface area contributed by atoms with Gasteiger partial charge in [0.2, 0.25) is 0 Å². The lowest BCUT2D eigenvalue weighted by molar-refractivity contribution is -0.176. The van der Waals surface area contributed by atoms with E-state index >= 15 is 0 Å². The number of carbonyl (C=O) groups excluding carboxylic acids is 3. The molecule has 10 heteroatoms. The first-order chi connectivity index (χ1) is 15.7. The van der Waals surface area contributed by atoms with Crippen molar-refractivity contribution >= 4 is 45.3 Å². The Morgan fingerprint density at radius 2 is 1.94 bits per heavy atom. The summed E-state index contributed by atoms with van der Waals surface area (Å²) in [7, 11) is 0. The number of aromatic hydroxyl groups is 1. The maximum absolute atomic E-state index is 12.6. The Balaban J connectivity index is 1.47. The highest BCUT2D eigenvalue weighted by Crippen LogP contribution is 2.53. The Labute approximate surface area is 213 Å². The second-order valence-corrected chi connectivity index (χ2v) is 11.8. The number of nitrogens with one attached hydrogen (secondary N) is 1. The molecule has 2 aliphatic rings. The molecule has 0 aromatic heterocycles. The van der Waals surface area contributed by atoms with Gasteiger partial charge in [0, 0.05) is 29.0 Å². The number of phenolic OH excluding ortho intramolecular Hbond substituents is 1. The minimum atomic E-state index is -1.54. The third kappa shape index (κ3) is 6.43. The number of phenols is 1. The lowest BCUT2D eigenvalue weighted by Crippen LogP contribution is -2.65. The molecule has 1 aliphatic carbocycles. The fraction of sp³-hybridized carbons (Fsp3) is 0.625. The summed E-state index contributed by atoms with van der Waals surface area (Å²) in [6.45, 7) is 6.30. The van der Waals surface area contributed by atoms with Crippen LogP contribution in [0.15, 0.2) is 16.6 Å². The van der Waals surface area contributed by atoms with E-state index in [1.165, 1.54) is 12.1 Å². The number of carbonyl (C=O) groups is 3. The zero-order chi connectivity index (χ0) is 25.3. The Morgan fingerprint density at radius 1 is 1.26 bits per heavy atom. The molecule has 3 rings (SSSR count). The largest absolute Gasteiger partial charge is 0.508 e. The number of amides is 2. The van der Waals surface area contributed by atoms with Crippen LogP contribution in [0.1, 0.15) is 58.4 Å². The van der Waals surface area contributed by atoms with Gasteiger partial charge in [-0.1, -0.05) is 27.5 Å². The first-order valence-electron chi connectivity index (χ1n) is 11.4. The quantitative estimate of drug-likeness (QED) is 0.486. The number of Topliss-reactive ketones (excluding diaryl/α,β-unsaturated/α-hetero) is 1. The minimum Gasteiger partial charge on any atom is -0.508 e. The van der Waals surface area contributed by atoms with E-state index < -0.39 is 17.1 Å². The van der Waals surface area contributed by atoms with E-state index in [0.29, 0.717) is 34.6 Å². The van der Waals surface area contributed by atoms with Crippen LogP contribution in [0, 0.1) is 5.41 Å². The molecule has 0 bridgehead atoms. The molecule has 1 aromatic carbocycles. The Hall–Kier alpha value is -1.84. The van der Waals surface area contributed by atoms with Crippen LogP contribution >= 0.6 is 27.5 Å². The molecule has 2 amide bonds. The van der Waals surface area contributed by atoms with Gasteiger partial charge >= 0.3 is 6.09 Å². The van der Waals surface area contributed by atoms with Crippen LogP contribution in [0.2, 0.25) is 5.02 Å². The first kappa shape index (κ1) is 26.8. The summed E-state index contributed by atoms with van der Waals surface area (Å²) in [5.74, 6) is -0.738. The van der Waals surface area contributed by atoms with Crippen LogP contribution < -0.4 is 5.32 Å². The number of hydrogen-bond acceptors (Lipinski definition) is 6. The van der Waals surface area contributed by atoms with Gasteiger partial charge in [0.15, 0.2) is 5.78 Å². The molecule has 34 heavy (non-hydrogen) atoms. The zero-order valence-electron chi connectivity index (χ0n) is 19.7. The zero-order valence-corrected chi connectivity index (χ0v) is 22.1. The van der Waals surface area contributed by atoms with Gasteiger partial charge < -0.3 is 25.2 Å². The smallest absolute Gasteiger partial charge is 0.410 e. The Morgan fingerprint density at radius 3 is 2.56 bits per heavy atom. The lowest BCUT2D eigenvalue weighted by atomic mass is 9.55. The number of benzene rings is 1. The summed E-state index contributed by atoms with van der Waals surface area (Å²) in [4.78, 5) is 39.0. The van der Waals surface area contributed by atoms with Gasteiger partial charge in [-0.25, -0.2) is 4.79 Å². The number of halogens is 2. The molecular formula is C24H32BrClN2O6. The summed E-state index contributed by atoms with van der Waals surface area (Å²) in [5, 5.41) is 23.3. The molecule has 1 saturated carbocycles. The van der Waals surface area contributed by atoms with Crippen molar-refractivity contribution in [1.82, 2.24) is 10.2 Å². The topological polar surface area (TPSA) is 116 Å². The fourth-order valence-corrected chi connectivity index (χ4v) is 5.92. The third-order valence-electron chi connectivity index (χ3n) is 6.30. The van der Waals surface area contributed by atoms with E-state index in [0.717, 1.165) is 12.8 Å². The number of ether oxygens (including phenoxy) is 1. The molecule has 1 spiro atoms. The average molecular weight is 560 g/mol. The van der Waals surface area contributed by atoms with Crippen molar-refractivity contribution in [3.05, 3.63) is 27.2 Å². The average Bonchev–Trinajstić information content (AvgIpc) is 2.69. The number of nitrogens with zero attached hydrogens (tertiary/aromatic N) is 1. The van der Waals surface area contributed by atoms with Gasteiger partial charge in [0.25, 0.3) is 5.91 Å². The number of rotatable bonds is 6. The van der Waals surface area contributed by atoms with Crippen molar-refractivity contribution < 1.29 is 29.3 Å². The second kappa shape index (κ2) is 10.0. The van der Waals surface area contributed by atoms with Gasteiger partial charge in [0.1, 0.15) is 17.0 Å². The van der Waals surface area contributed by atoms with Crippen LogP contribution in [0.4, 0.5) is 4.79 Å². The van der Waals surface area contributed by atoms with Gasteiger partial charge in [0.05, 0.1) is 6.54 Å². The SMILES string of the molecule is CC(C)(C)OC(=O)N1CCCC2(C1)CC(O)(C(=O)NCC(=O)CCc1c(Cl)cc(O)cc1Br)C2. The summed E-state index contributed by atoms with van der Waals surface area (Å²) < 4.78 is 6.07. The van der Waals surface area contributed by atoms with Crippen molar-refractivity contribution in [3.8, 4) is 5.75 Å². The highest BCUT2D eigenvalue weighted by molar-refractivity contribution is 9.10. The standard InChI is InChI=1S/C24H32BrClN2O6/c1-22(2,3)34-21(32)28-8-4-7-23(14-28)12-24(33,13-23)20(31)27-11-15(29)5-6-17-18(25)9-16(30)10-19(17)26/h9-10,30,33H,4-8,11-14H2,1-3H3,(H,27,31). The van der Waals surface area contributed by atoms with Crippen molar-refractivity contribution in [2.75, 3.05) is 19.6 Å². The molecule has 1 aromatic rings. The van der Waals surface area contributed by atoms with Crippen molar-refractivity contribution in [2.45, 2.75) is 70.5 Å². The molecule has 1 heterocycles. The molecule has 0 radical (unpaired) electrons. The highest BCUT2D eigenvalue weighted by Gasteiger charge is 2.59. The van der Waals surface area contributed by atoms with E-state index in [1.54, 1.807) is 4.90 Å². The molecule has 3 N–H and O–H groups in total. The summed E-state index contributed by atoms with van der Waals surface area (Å²) in [6.07, 6.45) is 2.22. The monoisotopic (exact) mass is 558 g/mol.